The molecule has 2 aliphatic carbocycles. The minimum Gasteiger partial charge on any atom is -0.0622 e. The number of rotatable bonds is 3. The maximum Gasteiger partial charge on any atom is -0.0102 e. The lowest BCUT2D eigenvalue weighted by Crippen LogP contribution is -1.82. The Hall–Kier alpha value is -2.08. The van der Waals surface area contributed by atoms with Crippen molar-refractivity contribution in [2.45, 2.75) is 33.1 Å². The molecule has 0 radical (unpaired) electrons. The van der Waals surface area contributed by atoms with E-state index in [9.17, 15) is 0 Å². The van der Waals surface area contributed by atoms with Gasteiger partial charge in [0.15, 0.2) is 0 Å². The smallest absolute Gasteiger partial charge is 0.0102 e. The van der Waals surface area contributed by atoms with Crippen molar-refractivity contribution in [1.29, 1.82) is 0 Å². The second-order valence-corrected chi connectivity index (χ2v) is 6.00. The largest absolute Gasteiger partial charge is 0.0622 e. The van der Waals surface area contributed by atoms with Crippen LogP contribution in [0, 0.1) is 0 Å². The second-order valence-electron chi connectivity index (χ2n) is 6.00. The van der Waals surface area contributed by atoms with Crippen LogP contribution in [0.2, 0.25) is 0 Å². The molecule has 0 heteroatoms. The molecule has 3 rings (SSSR count). The van der Waals surface area contributed by atoms with E-state index in [1.165, 1.54) is 33.4 Å². The molecule has 0 saturated heterocycles. The fourth-order valence-electron chi connectivity index (χ4n) is 2.87. The number of hydrogen-bond acceptors (Lipinski definition) is 0. The predicted molar refractivity (Wildman–Crippen MR) is 92.0 cm³/mol. The van der Waals surface area contributed by atoms with E-state index in [-0.39, 0.29) is 0 Å². The van der Waals surface area contributed by atoms with Gasteiger partial charge >= 0.3 is 0 Å². The molecule has 0 bridgehead atoms. The molecule has 2 aliphatic rings. The van der Waals surface area contributed by atoms with Crippen LogP contribution in [-0.2, 0) is 6.42 Å². The van der Waals surface area contributed by atoms with Crippen LogP contribution >= 0.6 is 0 Å². The summed E-state index contributed by atoms with van der Waals surface area (Å²) < 4.78 is 0. The van der Waals surface area contributed by atoms with Crippen molar-refractivity contribution in [1.82, 2.24) is 0 Å². The van der Waals surface area contributed by atoms with Crippen molar-refractivity contribution in [3.05, 3.63) is 71.8 Å². The van der Waals surface area contributed by atoms with Gasteiger partial charge in [-0.25, -0.2) is 0 Å². The number of benzene rings is 1. The molecule has 0 heterocycles. The highest BCUT2D eigenvalue weighted by Crippen LogP contribution is 2.36. The zero-order chi connectivity index (χ0) is 14.8. The fourth-order valence-corrected chi connectivity index (χ4v) is 2.87. The summed E-state index contributed by atoms with van der Waals surface area (Å²) in [5, 5.41) is 0. The van der Waals surface area contributed by atoms with Gasteiger partial charge < -0.3 is 0 Å². The average molecular weight is 274 g/mol. The van der Waals surface area contributed by atoms with Gasteiger partial charge in [0.05, 0.1) is 0 Å². The monoisotopic (exact) mass is 274 g/mol. The molecule has 0 amide bonds. The first-order valence-corrected chi connectivity index (χ1v) is 7.81. The Bertz CT molecular complexity index is 708. The summed E-state index contributed by atoms with van der Waals surface area (Å²) in [5.41, 5.74) is 8.17. The zero-order valence-corrected chi connectivity index (χ0v) is 13.1. The molecule has 0 atom stereocenters. The quantitative estimate of drug-likeness (QED) is 0.537. The molecule has 1 aromatic rings. The molecule has 0 spiro atoms. The van der Waals surface area contributed by atoms with E-state index in [0.717, 1.165) is 6.42 Å². The summed E-state index contributed by atoms with van der Waals surface area (Å²) >= 11 is 0. The molecular formula is C21H22. The molecule has 0 unspecified atom stereocenters. The summed E-state index contributed by atoms with van der Waals surface area (Å²) in [4.78, 5) is 0. The van der Waals surface area contributed by atoms with Crippen LogP contribution in [0.15, 0.2) is 60.7 Å². The summed E-state index contributed by atoms with van der Waals surface area (Å²) in [7, 11) is 0. The van der Waals surface area contributed by atoms with Gasteiger partial charge in [-0.15, -0.1) is 0 Å². The second kappa shape index (κ2) is 5.73. The normalized spacial score (nSPS) is 11.2. The van der Waals surface area contributed by atoms with Crippen LogP contribution in [0.1, 0.15) is 37.8 Å². The number of hydrogen-bond donors (Lipinski definition) is 0. The Kier molecular flexibility index (Phi) is 3.79. The highest BCUT2D eigenvalue weighted by Gasteiger charge is 2.12. The third-order valence-electron chi connectivity index (χ3n) is 4.20. The van der Waals surface area contributed by atoms with E-state index in [1.54, 1.807) is 0 Å². The van der Waals surface area contributed by atoms with Gasteiger partial charge in [-0.3, -0.25) is 0 Å². The Morgan fingerprint density at radius 1 is 0.762 bits per heavy atom. The third kappa shape index (κ3) is 2.71. The lowest BCUT2D eigenvalue weighted by molar-refractivity contribution is 0.869. The van der Waals surface area contributed by atoms with E-state index in [4.69, 9.17) is 0 Å². The van der Waals surface area contributed by atoms with Gasteiger partial charge in [-0.2, -0.15) is 0 Å². The van der Waals surface area contributed by atoms with Gasteiger partial charge in [-0.1, -0.05) is 81.4 Å². The summed E-state index contributed by atoms with van der Waals surface area (Å²) in [5.74, 6) is 0.546. The van der Waals surface area contributed by atoms with Gasteiger partial charge in [-0.05, 0) is 45.7 Å². The zero-order valence-electron chi connectivity index (χ0n) is 13.1. The van der Waals surface area contributed by atoms with Gasteiger partial charge in [0.1, 0.15) is 0 Å². The molecule has 106 valence electrons. The van der Waals surface area contributed by atoms with Crippen LogP contribution in [0.4, 0.5) is 0 Å². The standard InChI is InChI=1S/C21H22/c1-4-16-12-19-14-18(15(2)3)10-11-20(21(19)13-16)17-8-6-5-7-9-17/h5-15H,4H2,1-3H3. The van der Waals surface area contributed by atoms with Crippen molar-refractivity contribution in [2.75, 3.05) is 0 Å². The van der Waals surface area contributed by atoms with Crippen molar-refractivity contribution in [3.8, 4) is 22.3 Å². The summed E-state index contributed by atoms with van der Waals surface area (Å²) in [6.07, 6.45) is 1.09. The molecule has 0 saturated carbocycles. The first-order chi connectivity index (χ1) is 10.2. The highest BCUT2D eigenvalue weighted by atomic mass is 14.2. The van der Waals surface area contributed by atoms with Crippen molar-refractivity contribution >= 4 is 0 Å². The van der Waals surface area contributed by atoms with E-state index >= 15 is 0 Å². The van der Waals surface area contributed by atoms with Gasteiger partial charge in [0, 0.05) is 0 Å². The lowest BCUT2D eigenvalue weighted by Gasteiger charge is -2.04. The SMILES string of the molecule is CCc1cc2cc(C(C)C)ccc(-c3ccccc3)c-2c1. The molecule has 0 nitrogen and oxygen atoms in total. The first-order valence-electron chi connectivity index (χ1n) is 7.81. The lowest BCUT2D eigenvalue weighted by atomic mass is 10.0. The maximum absolute atomic E-state index is 2.35. The molecule has 21 heavy (non-hydrogen) atoms. The van der Waals surface area contributed by atoms with Crippen LogP contribution in [-0.4, -0.2) is 0 Å². The van der Waals surface area contributed by atoms with Crippen molar-refractivity contribution < 1.29 is 0 Å². The first kappa shape index (κ1) is 13.9. The van der Waals surface area contributed by atoms with Gasteiger partial charge in [0.2, 0.25) is 0 Å². The van der Waals surface area contributed by atoms with Gasteiger partial charge in [0.25, 0.3) is 0 Å². The Morgan fingerprint density at radius 3 is 2.19 bits per heavy atom. The third-order valence-corrected chi connectivity index (χ3v) is 4.20. The van der Waals surface area contributed by atoms with E-state index < -0.39 is 0 Å². The van der Waals surface area contributed by atoms with Crippen LogP contribution in [0.5, 0.6) is 0 Å². The highest BCUT2D eigenvalue weighted by molar-refractivity contribution is 5.85. The Labute approximate surface area is 127 Å². The fraction of sp³-hybridized carbons (Fsp3) is 0.238. The number of fused-ring (bicyclic) bond motifs is 1. The van der Waals surface area contributed by atoms with Crippen molar-refractivity contribution in [3.63, 3.8) is 0 Å². The molecule has 0 N–H and O–H groups in total. The van der Waals surface area contributed by atoms with E-state index in [1.807, 2.05) is 0 Å². The van der Waals surface area contributed by atoms with Crippen LogP contribution < -0.4 is 0 Å². The average Bonchev–Trinajstić information content (AvgIpc) is 2.82. The predicted octanol–water partition coefficient (Wildman–Crippen LogP) is 6.14. The van der Waals surface area contributed by atoms with Crippen LogP contribution in [0.25, 0.3) is 22.3 Å². The minimum atomic E-state index is 0.546. The minimum absolute atomic E-state index is 0.546. The molecule has 0 aliphatic heterocycles. The topological polar surface area (TPSA) is 0 Å². The Morgan fingerprint density at radius 2 is 1.52 bits per heavy atom. The van der Waals surface area contributed by atoms with Crippen molar-refractivity contribution in [2.24, 2.45) is 0 Å². The number of aryl methyl sites for hydroxylation is 1. The molecule has 0 fully saturated rings. The molecular weight excluding hydrogens is 252 g/mol. The molecule has 1 aromatic carbocycles. The summed E-state index contributed by atoms with van der Waals surface area (Å²) in [6.45, 7) is 6.74. The summed E-state index contributed by atoms with van der Waals surface area (Å²) in [6, 6.07) is 22.3. The van der Waals surface area contributed by atoms with Crippen LogP contribution in [0.3, 0.4) is 0 Å². The Balaban J connectivity index is 2.27. The van der Waals surface area contributed by atoms with E-state index in [2.05, 4.69) is 81.4 Å². The van der Waals surface area contributed by atoms with E-state index in [0.29, 0.717) is 5.92 Å². The molecule has 0 aromatic heterocycles. The maximum atomic E-state index is 2.35.